The monoisotopic (exact) mass is 581 g/mol. The first-order valence-corrected chi connectivity index (χ1v) is 13.6. The van der Waals surface area contributed by atoms with Gasteiger partial charge in [0, 0.05) is 24.2 Å². The van der Waals surface area contributed by atoms with E-state index in [1.54, 1.807) is 22.7 Å². The number of nitriles is 1. The second-order valence-corrected chi connectivity index (χ2v) is 11.0. The summed E-state index contributed by atoms with van der Waals surface area (Å²) < 4.78 is 47.0. The number of hydrogen-bond acceptors (Lipinski definition) is 8. The molecule has 3 N–H and O–H groups in total. The largest absolute Gasteiger partial charge is 0.387 e. The van der Waals surface area contributed by atoms with Crippen molar-refractivity contribution in [3.63, 3.8) is 0 Å². The maximum Gasteiger partial charge on any atom is 0.283 e. The molecule has 0 aromatic carbocycles. The Kier molecular flexibility index (Phi) is 8.17. The molecule has 0 radical (unpaired) electrons. The number of aliphatic hydroxyl groups is 1. The zero-order valence-corrected chi connectivity index (χ0v) is 23.0. The van der Waals surface area contributed by atoms with E-state index in [1.165, 1.54) is 32.3 Å². The molecule has 10 nitrogen and oxygen atoms in total. The lowest BCUT2D eigenvalue weighted by Crippen LogP contribution is -2.42. The maximum absolute atomic E-state index is 14.4. The lowest BCUT2D eigenvalue weighted by Gasteiger charge is -2.29. The van der Waals surface area contributed by atoms with Crippen LogP contribution in [-0.4, -0.2) is 55.1 Å². The third kappa shape index (κ3) is 6.23. The number of carbonyl (C=O) groups excluding carboxylic acids is 1. The number of nitrogens with zero attached hydrogens (tertiary/aromatic N) is 5. The fourth-order valence-electron chi connectivity index (χ4n) is 5.02. The molecule has 0 saturated heterocycles. The first-order chi connectivity index (χ1) is 20.0. The Morgan fingerprint density at radius 3 is 2.62 bits per heavy atom. The molecule has 42 heavy (non-hydrogen) atoms. The minimum atomic E-state index is -2.69. The highest BCUT2D eigenvalue weighted by molar-refractivity contribution is 6.00. The summed E-state index contributed by atoms with van der Waals surface area (Å²) in [5.41, 5.74) is 0.941. The molecule has 0 bridgehead atoms. The van der Waals surface area contributed by atoms with Gasteiger partial charge in [-0.1, -0.05) is 5.16 Å². The summed E-state index contributed by atoms with van der Waals surface area (Å²) in [7, 11) is 0. The van der Waals surface area contributed by atoms with Crippen molar-refractivity contribution >= 4 is 17.1 Å². The quantitative estimate of drug-likeness (QED) is 0.246. The van der Waals surface area contributed by atoms with E-state index < -0.39 is 24.1 Å². The van der Waals surface area contributed by atoms with Gasteiger partial charge in [0.1, 0.15) is 23.7 Å². The normalized spacial score (nSPS) is 18.1. The highest BCUT2D eigenvalue weighted by Crippen LogP contribution is 2.36. The van der Waals surface area contributed by atoms with Crippen LogP contribution >= 0.6 is 0 Å². The molecule has 1 aliphatic rings. The van der Waals surface area contributed by atoms with Gasteiger partial charge in [-0.3, -0.25) is 9.78 Å². The number of rotatable bonds is 9. The Labute approximate surface area is 239 Å². The van der Waals surface area contributed by atoms with Crippen LogP contribution in [0, 0.1) is 11.3 Å². The van der Waals surface area contributed by atoms with Crippen molar-refractivity contribution in [2.75, 3.05) is 11.9 Å². The van der Waals surface area contributed by atoms with E-state index in [9.17, 15) is 28.3 Å². The summed E-state index contributed by atoms with van der Waals surface area (Å²) in [5, 5.41) is 32.9. The van der Waals surface area contributed by atoms with E-state index in [-0.39, 0.29) is 29.8 Å². The topological polar surface area (TPSA) is 141 Å². The molecule has 1 fully saturated rings. The number of aromatic nitrogens is 4. The second kappa shape index (κ2) is 11.8. The van der Waals surface area contributed by atoms with Crippen LogP contribution in [0.5, 0.6) is 0 Å². The first-order valence-electron chi connectivity index (χ1n) is 13.6. The van der Waals surface area contributed by atoms with Gasteiger partial charge in [0.15, 0.2) is 0 Å². The van der Waals surface area contributed by atoms with Gasteiger partial charge in [-0.2, -0.15) is 10.4 Å². The van der Waals surface area contributed by atoms with Crippen LogP contribution in [0.2, 0.25) is 0 Å². The van der Waals surface area contributed by atoms with Gasteiger partial charge in [-0.15, -0.1) is 0 Å². The van der Waals surface area contributed by atoms with Crippen molar-refractivity contribution in [3.8, 4) is 17.5 Å². The number of alkyl halides is 3. The predicted octanol–water partition coefficient (Wildman–Crippen LogP) is 5.17. The molecular formula is C29H30F3N7O3. The number of halogens is 3. The van der Waals surface area contributed by atoms with E-state index in [0.29, 0.717) is 59.6 Å². The Morgan fingerprint density at radius 1 is 1.19 bits per heavy atom. The van der Waals surface area contributed by atoms with Crippen molar-refractivity contribution in [3.05, 3.63) is 65.3 Å². The number of pyridine rings is 1. The van der Waals surface area contributed by atoms with Gasteiger partial charge >= 0.3 is 0 Å². The first kappa shape index (κ1) is 29.1. The Bertz CT molecular complexity index is 1610. The lowest BCUT2D eigenvalue weighted by atomic mass is 9.84. The van der Waals surface area contributed by atoms with Gasteiger partial charge < -0.3 is 20.3 Å². The fraction of sp³-hybridized carbons (Fsp3) is 0.414. The fourth-order valence-corrected chi connectivity index (χ4v) is 5.02. The van der Waals surface area contributed by atoms with Crippen molar-refractivity contribution < 1.29 is 27.6 Å². The summed E-state index contributed by atoms with van der Waals surface area (Å²) in [6, 6.07) is 10.4. The molecule has 0 aliphatic heterocycles. The van der Waals surface area contributed by atoms with E-state index in [0.717, 1.165) is 0 Å². The molecule has 4 aromatic heterocycles. The minimum Gasteiger partial charge on any atom is -0.387 e. The third-order valence-electron chi connectivity index (χ3n) is 7.51. The number of carbonyl (C=O) groups is 1. The van der Waals surface area contributed by atoms with Crippen LogP contribution in [0.3, 0.4) is 0 Å². The zero-order valence-electron chi connectivity index (χ0n) is 23.0. The number of hydrogen-bond donors (Lipinski definition) is 3. The molecule has 1 atom stereocenters. The van der Waals surface area contributed by atoms with Gasteiger partial charge in [0.05, 0.1) is 52.1 Å². The molecule has 0 spiro atoms. The van der Waals surface area contributed by atoms with E-state index in [4.69, 9.17) is 4.52 Å². The van der Waals surface area contributed by atoms with E-state index >= 15 is 0 Å². The molecule has 13 heteroatoms. The highest BCUT2D eigenvalue weighted by atomic mass is 19.3. The molecule has 4 aromatic rings. The standard InChI is InChI=1S/C29H30F3N7O3/c1-29(2,41)26(30)15-35-28(40)20-14-34-22(24-8-7-19-9-16(12-33)13-36-39(19)24)10-21(20)37-18-5-3-17(4-6-18)25-11-23(27(31)32)38-42-25/h7-11,13-14,17-18,26-27,41H,3-6,15H2,1-2H3,(H,34,37)(H,35,40)/t17?,18?,26-/m1/s1. The van der Waals surface area contributed by atoms with Crippen molar-refractivity contribution in [1.82, 2.24) is 25.1 Å². The van der Waals surface area contributed by atoms with Crippen molar-refractivity contribution in [2.24, 2.45) is 0 Å². The zero-order chi connectivity index (χ0) is 30.0. The Hall–Kier alpha value is -4.44. The second-order valence-electron chi connectivity index (χ2n) is 11.0. The van der Waals surface area contributed by atoms with Crippen LogP contribution in [0.15, 0.2) is 47.2 Å². The van der Waals surface area contributed by atoms with E-state index in [2.05, 4.69) is 31.9 Å². The molecule has 1 aliphatic carbocycles. The summed E-state index contributed by atoms with van der Waals surface area (Å²) >= 11 is 0. The van der Waals surface area contributed by atoms with Crippen LogP contribution in [0.25, 0.3) is 16.9 Å². The van der Waals surface area contributed by atoms with Crippen LogP contribution in [-0.2, 0) is 0 Å². The van der Waals surface area contributed by atoms with Gasteiger partial charge in [-0.05, 0) is 63.8 Å². The smallest absolute Gasteiger partial charge is 0.283 e. The van der Waals surface area contributed by atoms with E-state index in [1.807, 2.05) is 6.07 Å². The highest BCUT2D eigenvalue weighted by Gasteiger charge is 2.29. The lowest BCUT2D eigenvalue weighted by molar-refractivity contribution is -0.00177. The number of amides is 1. The summed E-state index contributed by atoms with van der Waals surface area (Å²) in [5.74, 6) is -0.163. The Morgan fingerprint density at radius 2 is 1.95 bits per heavy atom. The summed E-state index contributed by atoms with van der Waals surface area (Å²) in [6.07, 6.45) is 1.15. The third-order valence-corrected chi connectivity index (χ3v) is 7.51. The molecular weight excluding hydrogens is 551 g/mol. The molecule has 5 rings (SSSR count). The van der Waals surface area contributed by atoms with Crippen LogP contribution in [0.4, 0.5) is 18.9 Å². The number of anilines is 1. The van der Waals surface area contributed by atoms with Gasteiger partial charge in [-0.25, -0.2) is 17.7 Å². The van der Waals surface area contributed by atoms with Crippen molar-refractivity contribution in [1.29, 1.82) is 5.26 Å². The SMILES string of the molecule is CC(C)(O)[C@H](F)CNC(=O)c1cnc(-c2ccc3cc(C#N)cnn23)cc1NC1CCC(c2cc(C(F)F)no2)CC1. The Balaban J connectivity index is 1.38. The van der Waals surface area contributed by atoms with Gasteiger partial charge in [0.2, 0.25) is 0 Å². The molecule has 1 saturated carbocycles. The van der Waals surface area contributed by atoms with Crippen LogP contribution < -0.4 is 10.6 Å². The number of nitrogens with one attached hydrogen (secondary N) is 2. The molecule has 1 amide bonds. The average Bonchev–Trinajstić information content (AvgIpc) is 3.63. The average molecular weight is 582 g/mol. The minimum absolute atomic E-state index is 0.0430. The van der Waals surface area contributed by atoms with Crippen molar-refractivity contribution in [2.45, 2.75) is 69.7 Å². The van der Waals surface area contributed by atoms with Crippen LogP contribution in [0.1, 0.15) is 79.2 Å². The maximum atomic E-state index is 14.4. The number of fused-ring (bicyclic) bond motifs is 1. The molecule has 220 valence electrons. The van der Waals surface area contributed by atoms with Gasteiger partial charge in [0.25, 0.3) is 12.3 Å². The summed E-state index contributed by atoms with van der Waals surface area (Å²) in [4.78, 5) is 17.6. The summed E-state index contributed by atoms with van der Waals surface area (Å²) in [6.45, 7) is 2.26. The predicted molar refractivity (Wildman–Crippen MR) is 147 cm³/mol. The molecule has 4 heterocycles. The molecule has 0 unspecified atom stereocenters.